The van der Waals surface area contributed by atoms with Gasteiger partial charge in [0.15, 0.2) is 0 Å². The zero-order valence-corrected chi connectivity index (χ0v) is 13.5. The van der Waals surface area contributed by atoms with Crippen LogP contribution in [0.5, 0.6) is 0 Å². The minimum atomic E-state index is 0.0430. The van der Waals surface area contributed by atoms with Gasteiger partial charge in [0.25, 0.3) is 0 Å². The van der Waals surface area contributed by atoms with E-state index >= 15 is 0 Å². The molecular weight excluding hydrogens is 236 g/mol. The van der Waals surface area contributed by atoms with Crippen molar-refractivity contribution < 1.29 is 9.15 Å². The molecule has 19 heavy (non-hydrogen) atoms. The summed E-state index contributed by atoms with van der Waals surface area (Å²) in [6.07, 6.45) is 0. The summed E-state index contributed by atoms with van der Waals surface area (Å²) in [7, 11) is 0. The normalized spacial score (nSPS) is 13.7. The number of hydrogen-bond donors (Lipinski definition) is 0. The van der Waals surface area contributed by atoms with Crippen molar-refractivity contribution in [3.63, 3.8) is 0 Å². The molecule has 0 radical (unpaired) electrons. The molecule has 0 aliphatic carbocycles. The van der Waals surface area contributed by atoms with E-state index in [0.717, 1.165) is 11.2 Å². The zero-order chi connectivity index (χ0) is 14.6. The minimum absolute atomic E-state index is 0.0430. The number of fused-ring (bicyclic) bond motifs is 1. The van der Waals surface area contributed by atoms with E-state index in [2.05, 4.69) is 61.5 Å². The first-order valence-corrected chi connectivity index (χ1v) is 7.10. The van der Waals surface area contributed by atoms with E-state index in [-0.39, 0.29) is 10.8 Å². The van der Waals surface area contributed by atoms with Gasteiger partial charge in [-0.3, -0.25) is 9.15 Å². The zero-order valence-electron chi connectivity index (χ0n) is 13.5. The van der Waals surface area contributed by atoms with Crippen molar-refractivity contribution >= 4 is 11.2 Å². The van der Waals surface area contributed by atoms with Gasteiger partial charge in [-0.2, -0.15) is 0 Å². The molecule has 0 unspecified atom stereocenters. The fraction of sp³-hybridized carbons (Fsp3) is 0.647. The van der Waals surface area contributed by atoms with Crippen molar-refractivity contribution in [3.8, 4) is 0 Å². The molecule has 0 aliphatic heterocycles. The van der Waals surface area contributed by atoms with Gasteiger partial charge < -0.3 is 0 Å². The summed E-state index contributed by atoms with van der Waals surface area (Å²) in [5.41, 5.74) is 6.05. The molecule has 0 amide bonds. The first kappa shape index (κ1) is 14.2. The lowest BCUT2D eigenvalue weighted by molar-refractivity contribution is 0.0568. The fourth-order valence-corrected chi connectivity index (χ4v) is 2.84. The van der Waals surface area contributed by atoms with Crippen LogP contribution in [0.2, 0.25) is 0 Å². The lowest BCUT2D eigenvalue weighted by Gasteiger charge is -2.33. The van der Waals surface area contributed by atoms with Crippen molar-refractivity contribution in [1.82, 2.24) is 0 Å². The number of hydrogen-bond acceptors (Lipinski definition) is 2. The van der Waals surface area contributed by atoms with Gasteiger partial charge in [-0.1, -0.05) is 55.4 Å². The van der Waals surface area contributed by atoms with Crippen LogP contribution in [0.4, 0.5) is 0 Å². The smallest absolute Gasteiger partial charge is 0.229 e. The third-order valence-corrected chi connectivity index (χ3v) is 3.61. The highest BCUT2D eigenvalue weighted by atomic mass is 17.0. The second-order valence-electron chi connectivity index (χ2n) is 7.86. The molecule has 1 aromatic carbocycles. The van der Waals surface area contributed by atoms with Gasteiger partial charge in [-0.25, -0.2) is 0 Å². The van der Waals surface area contributed by atoms with Crippen LogP contribution in [0.25, 0.3) is 11.2 Å². The fourth-order valence-electron chi connectivity index (χ4n) is 2.84. The van der Waals surface area contributed by atoms with Gasteiger partial charge in [0, 0.05) is 5.56 Å². The molecule has 0 N–H and O–H groups in total. The van der Waals surface area contributed by atoms with E-state index in [1.165, 1.54) is 16.7 Å². The van der Waals surface area contributed by atoms with Crippen LogP contribution in [0.1, 0.15) is 78.0 Å². The molecule has 2 rings (SSSR count). The van der Waals surface area contributed by atoms with Crippen LogP contribution in [0.3, 0.4) is 0 Å². The summed E-state index contributed by atoms with van der Waals surface area (Å²) in [5.74, 6) is 0.477. The molecule has 0 aliphatic rings. The predicted octanol–water partition coefficient (Wildman–Crippen LogP) is 5.74. The first-order valence-electron chi connectivity index (χ1n) is 7.10. The molecule has 0 spiro atoms. The van der Waals surface area contributed by atoms with Crippen LogP contribution >= 0.6 is 0 Å². The van der Waals surface area contributed by atoms with Crippen LogP contribution < -0.4 is 0 Å². The average Bonchev–Trinajstić information content (AvgIpc) is 2.14. The van der Waals surface area contributed by atoms with Crippen molar-refractivity contribution in [2.45, 2.75) is 72.1 Å². The summed E-state index contributed by atoms with van der Waals surface area (Å²) in [4.78, 5) is 0. The van der Waals surface area contributed by atoms with Crippen LogP contribution in [-0.2, 0) is 10.8 Å². The van der Waals surface area contributed by atoms with E-state index < -0.39 is 0 Å². The minimum Gasteiger partial charge on any atom is -0.286 e. The van der Waals surface area contributed by atoms with E-state index in [0.29, 0.717) is 5.92 Å². The molecule has 106 valence electrons. The predicted molar refractivity (Wildman–Crippen MR) is 80.0 cm³/mol. The first-order chi connectivity index (χ1) is 8.53. The maximum Gasteiger partial charge on any atom is 0.229 e. The quantitative estimate of drug-likeness (QED) is 0.612. The Hall–Kier alpha value is -1.18. The lowest BCUT2D eigenvalue weighted by Crippen LogP contribution is -2.25. The Morgan fingerprint density at radius 2 is 1.37 bits per heavy atom. The summed E-state index contributed by atoms with van der Waals surface area (Å²) < 4.78 is 10.5. The second kappa shape index (κ2) is 4.16. The maximum atomic E-state index is 5.30. The van der Waals surface area contributed by atoms with Gasteiger partial charge in [0.05, 0.1) is 0 Å². The Morgan fingerprint density at radius 1 is 0.842 bits per heavy atom. The third kappa shape index (κ3) is 2.33. The van der Waals surface area contributed by atoms with E-state index in [1.807, 2.05) is 0 Å². The van der Waals surface area contributed by atoms with Gasteiger partial charge in [-0.15, -0.1) is 0 Å². The third-order valence-electron chi connectivity index (χ3n) is 3.61. The molecule has 1 heterocycles. The average molecular weight is 262 g/mol. The van der Waals surface area contributed by atoms with Gasteiger partial charge in [0.2, 0.25) is 11.2 Å². The SMILES string of the molecule is CC(C)c1cc2ooc2c(C(C)(C)C)c1C(C)(C)C. The maximum absolute atomic E-state index is 5.30. The Bertz CT molecular complexity index is 583. The monoisotopic (exact) mass is 262 g/mol. The van der Waals surface area contributed by atoms with Crippen molar-refractivity contribution in [1.29, 1.82) is 0 Å². The van der Waals surface area contributed by atoms with Crippen molar-refractivity contribution in [2.75, 3.05) is 0 Å². The van der Waals surface area contributed by atoms with Crippen LogP contribution in [-0.4, -0.2) is 0 Å². The Labute approximate surface area is 116 Å². The molecule has 1 aromatic heterocycles. The molecule has 0 atom stereocenters. The molecule has 2 nitrogen and oxygen atoms in total. The molecule has 2 aromatic rings. The van der Waals surface area contributed by atoms with Crippen molar-refractivity contribution in [2.24, 2.45) is 0 Å². The highest BCUT2D eigenvalue weighted by molar-refractivity contribution is 5.80. The second-order valence-corrected chi connectivity index (χ2v) is 7.86. The van der Waals surface area contributed by atoms with Gasteiger partial charge >= 0.3 is 0 Å². The Balaban J connectivity index is 2.90. The van der Waals surface area contributed by atoms with E-state index in [4.69, 9.17) is 9.15 Å². The van der Waals surface area contributed by atoms with Crippen molar-refractivity contribution in [3.05, 3.63) is 22.8 Å². The Kier molecular flexibility index (Phi) is 3.11. The van der Waals surface area contributed by atoms with Gasteiger partial charge in [-0.05, 0) is 33.9 Å². The largest absolute Gasteiger partial charge is 0.286 e. The molecule has 0 fully saturated rings. The molecular formula is C17H26O2. The van der Waals surface area contributed by atoms with Crippen LogP contribution in [0.15, 0.2) is 15.2 Å². The topological polar surface area (TPSA) is 26.3 Å². The summed E-state index contributed by atoms with van der Waals surface area (Å²) in [6, 6.07) is 2.15. The molecule has 0 saturated carbocycles. The Morgan fingerprint density at radius 3 is 1.68 bits per heavy atom. The highest BCUT2D eigenvalue weighted by Crippen LogP contribution is 2.44. The summed E-state index contributed by atoms with van der Waals surface area (Å²) >= 11 is 0. The summed E-state index contributed by atoms with van der Waals surface area (Å²) in [5, 5.41) is 0. The van der Waals surface area contributed by atoms with E-state index in [9.17, 15) is 0 Å². The van der Waals surface area contributed by atoms with Gasteiger partial charge in [0.1, 0.15) is 0 Å². The number of benzene rings is 1. The highest BCUT2D eigenvalue weighted by Gasteiger charge is 2.33. The van der Waals surface area contributed by atoms with E-state index in [1.54, 1.807) is 0 Å². The van der Waals surface area contributed by atoms with Crippen LogP contribution in [0, 0.1) is 0 Å². The molecule has 0 saturated heterocycles. The summed E-state index contributed by atoms with van der Waals surface area (Å²) in [6.45, 7) is 18.0. The molecule has 0 bridgehead atoms. The number of rotatable bonds is 1. The molecule has 2 heteroatoms. The lowest BCUT2D eigenvalue weighted by atomic mass is 9.71. The standard InChI is InChI=1S/C17H26O2/c1-10(2)11-9-12-15(19-18-12)14(17(6,7)8)13(11)16(3,4)5/h9-10H,1-8H3.